The molecule has 3 saturated heterocycles. The summed E-state index contributed by atoms with van der Waals surface area (Å²) in [5.41, 5.74) is -1.07. The van der Waals surface area contributed by atoms with Crippen LogP contribution in [-0.4, -0.2) is 130 Å². The van der Waals surface area contributed by atoms with Gasteiger partial charge in [0.15, 0.2) is 0 Å². The van der Waals surface area contributed by atoms with Crippen LogP contribution in [-0.2, 0) is 25.5 Å². The van der Waals surface area contributed by atoms with E-state index in [1.165, 1.54) is 6.92 Å². The average Bonchev–Trinajstić information content (AvgIpc) is 3.10. The molecule has 4 aliphatic rings. The Hall–Kier alpha value is -4.10. The number of hydrogen-bond donors (Lipinski definition) is 1. The second kappa shape index (κ2) is 15.2. The third-order valence-corrected chi connectivity index (χ3v) is 10.3. The van der Waals surface area contributed by atoms with Crippen LogP contribution in [0.2, 0.25) is 0 Å². The zero-order valence-corrected chi connectivity index (χ0v) is 30.3. The number of aromatic nitrogens is 2. The molecule has 1 aliphatic carbocycles. The molecule has 0 spiro atoms. The molecule has 6 rings (SSSR count). The lowest BCUT2D eigenvalue weighted by Gasteiger charge is -2.39. The van der Waals surface area contributed by atoms with Gasteiger partial charge in [0, 0.05) is 70.6 Å². The number of fused-ring (bicyclic) bond motifs is 1. The van der Waals surface area contributed by atoms with Crippen LogP contribution in [0.15, 0.2) is 52.4 Å². The molecule has 2 aromatic rings. The van der Waals surface area contributed by atoms with Crippen LogP contribution in [0, 0.1) is 0 Å². The smallest absolute Gasteiger partial charge is 0.410 e. The van der Waals surface area contributed by atoms with Gasteiger partial charge < -0.3 is 24.2 Å². The molecule has 3 amide bonds. The Morgan fingerprint density at radius 3 is 2.16 bits per heavy atom. The van der Waals surface area contributed by atoms with Gasteiger partial charge in [-0.15, -0.1) is 0 Å². The first kappa shape index (κ1) is 36.7. The number of piperazine rings is 1. The van der Waals surface area contributed by atoms with E-state index in [0.717, 1.165) is 49.7 Å². The van der Waals surface area contributed by atoms with E-state index in [9.17, 15) is 19.2 Å². The summed E-state index contributed by atoms with van der Waals surface area (Å²) in [5.74, 6) is -0.316. The Labute approximate surface area is 298 Å². The second-order valence-electron chi connectivity index (χ2n) is 15.4. The number of H-pyrrole nitrogens is 1. The van der Waals surface area contributed by atoms with Crippen LogP contribution in [0.25, 0.3) is 10.8 Å². The Morgan fingerprint density at radius 2 is 1.51 bits per heavy atom. The van der Waals surface area contributed by atoms with Crippen molar-refractivity contribution in [3.63, 3.8) is 0 Å². The third-order valence-electron chi connectivity index (χ3n) is 10.3. The highest BCUT2D eigenvalue weighted by Crippen LogP contribution is 2.34. The summed E-state index contributed by atoms with van der Waals surface area (Å²) < 4.78 is 27.7. The number of allylic oxidation sites excluding steroid dienone is 3. The van der Waals surface area contributed by atoms with Crippen molar-refractivity contribution in [1.82, 2.24) is 29.8 Å². The number of nitrogens with zero attached hydrogens (tertiary/aromatic N) is 5. The van der Waals surface area contributed by atoms with Crippen LogP contribution in [0.5, 0.6) is 0 Å². The van der Waals surface area contributed by atoms with Gasteiger partial charge in [-0.25, -0.2) is 14.3 Å². The van der Waals surface area contributed by atoms with Crippen LogP contribution in [0.1, 0.15) is 65.5 Å². The number of aromatic amines is 1. The van der Waals surface area contributed by atoms with Gasteiger partial charge in [0.25, 0.3) is 11.5 Å². The normalized spacial score (nSPS) is 22.9. The number of alkyl halides is 1. The molecular weight excluding hydrogens is 655 g/mol. The number of benzene rings is 1. The first-order valence-electron chi connectivity index (χ1n) is 18.2. The Kier molecular flexibility index (Phi) is 11.0. The summed E-state index contributed by atoms with van der Waals surface area (Å²) in [5, 5.41) is 8.05. The van der Waals surface area contributed by atoms with Gasteiger partial charge in [0.05, 0.1) is 35.4 Å². The highest BCUT2D eigenvalue weighted by Gasteiger charge is 2.38. The van der Waals surface area contributed by atoms with Crippen molar-refractivity contribution >= 4 is 28.7 Å². The fourth-order valence-corrected chi connectivity index (χ4v) is 7.33. The quantitative estimate of drug-likeness (QED) is 0.458. The molecule has 3 aliphatic heterocycles. The number of piperidine rings is 2. The van der Waals surface area contributed by atoms with Gasteiger partial charge >= 0.3 is 6.09 Å². The van der Waals surface area contributed by atoms with Crippen molar-refractivity contribution in [3.8, 4) is 0 Å². The molecule has 1 atom stereocenters. The molecule has 1 unspecified atom stereocenters. The van der Waals surface area contributed by atoms with Gasteiger partial charge in [0.2, 0.25) is 5.91 Å². The maximum Gasteiger partial charge on any atom is 0.410 e. The van der Waals surface area contributed by atoms with Gasteiger partial charge in [-0.1, -0.05) is 24.3 Å². The zero-order valence-electron chi connectivity index (χ0n) is 30.3. The fraction of sp³-hybridized carbons (Fsp3) is 0.605. The number of rotatable bonds is 7. The maximum absolute atomic E-state index is 15.8. The van der Waals surface area contributed by atoms with Gasteiger partial charge in [-0.05, 0) is 71.1 Å². The van der Waals surface area contributed by atoms with Crippen LogP contribution in [0.4, 0.5) is 9.18 Å². The largest absolute Gasteiger partial charge is 0.444 e. The Morgan fingerprint density at radius 1 is 0.902 bits per heavy atom. The minimum absolute atomic E-state index is 0.0362. The van der Waals surface area contributed by atoms with Crippen molar-refractivity contribution in [2.75, 3.05) is 58.9 Å². The number of amides is 3. The number of carbonyl (C=O) groups is 3. The molecule has 0 bridgehead atoms. The molecular formula is C38H51FN6O6. The minimum atomic E-state index is -1.82. The summed E-state index contributed by atoms with van der Waals surface area (Å²) in [6.07, 6.45) is 7.11. The molecule has 1 aromatic heterocycles. The van der Waals surface area contributed by atoms with Crippen molar-refractivity contribution in [2.24, 2.45) is 0 Å². The molecule has 0 saturated carbocycles. The van der Waals surface area contributed by atoms with Crippen molar-refractivity contribution in [2.45, 2.75) is 89.7 Å². The summed E-state index contributed by atoms with van der Waals surface area (Å²) in [4.78, 5) is 58.9. The minimum Gasteiger partial charge on any atom is -0.444 e. The predicted molar refractivity (Wildman–Crippen MR) is 191 cm³/mol. The third kappa shape index (κ3) is 9.04. The Balaban J connectivity index is 0.943. The monoisotopic (exact) mass is 706 g/mol. The lowest BCUT2D eigenvalue weighted by Crippen LogP contribution is -2.54. The number of halogens is 1. The molecule has 1 aromatic carbocycles. The topological polar surface area (TPSA) is 128 Å². The van der Waals surface area contributed by atoms with Crippen LogP contribution < -0.4 is 5.56 Å². The highest BCUT2D eigenvalue weighted by molar-refractivity contribution is 5.96. The summed E-state index contributed by atoms with van der Waals surface area (Å²) >= 11 is 0. The molecule has 51 heavy (non-hydrogen) atoms. The predicted octanol–water partition coefficient (Wildman–Crippen LogP) is 4.00. The number of nitrogens with one attached hydrogen (secondary N) is 1. The fourth-order valence-electron chi connectivity index (χ4n) is 7.33. The number of hydrogen-bond acceptors (Lipinski definition) is 8. The van der Waals surface area contributed by atoms with Crippen molar-refractivity contribution < 1.29 is 28.2 Å². The standard InChI is InChI=1S/C38H51FN6O6/c1-37(2,3)51-36(49)45-17-12-28(13-18-45)50-27-10-15-42(16-11-27)25-33(46)43-19-21-44(22-20-43)35(48)31-23-26(9-14-38(31,4)39)24-32-29-7-5-6-8-30(29)34(47)41-40-32/h5-9,23,27-28H,10-22,24-25H2,1-4H3,(H,41,47). The number of likely N-dealkylation sites (tertiary alicyclic amines) is 2. The maximum atomic E-state index is 15.8. The summed E-state index contributed by atoms with van der Waals surface area (Å²) in [7, 11) is 0. The van der Waals surface area contributed by atoms with E-state index in [2.05, 4.69) is 15.1 Å². The van der Waals surface area contributed by atoms with E-state index in [-0.39, 0.29) is 47.7 Å². The van der Waals surface area contributed by atoms with E-state index >= 15 is 4.39 Å². The number of carbonyl (C=O) groups excluding carboxylic acids is 3. The van der Waals surface area contributed by atoms with Gasteiger partial charge in [-0.3, -0.25) is 19.3 Å². The van der Waals surface area contributed by atoms with Crippen LogP contribution >= 0.6 is 0 Å². The molecule has 12 nitrogen and oxygen atoms in total. The Bertz CT molecular complexity index is 1720. The molecule has 4 heterocycles. The average molecular weight is 707 g/mol. The first-order valence-corrected chi connectivity index (χ1v) is 18.2. The van der Waals surface area contributed by atoms with Gasteiger partial charge in [-0.2, -0.15) is 5.10 Å². The van der Waals surface area contributed by atoms with Crippen molar-refractivity contribution in [3.05, 3.63) is 63.6 Å². The van der Waals surface area contributed by atoms with Crippen molar-refractivity contribution in [1.29, 1.82) is 0 Å². The zero-order chi connectivity index (χ0) is 36.3. The van der Waals surface area contributed by atoms with E-state index in [4.69, 9.17) is 9.47 Å². The molecule has 3 fully saturated rings. The second-order valence-corrected chi connectivity index (χ2v) is 15.4. The van der Waals surface area contributed by atoms with E-state index < -0.39 is 11.3 Å². The lowest BCUT2D eigenvalue weighted by atomic mass is 9.84. The molecule has 1 N–H and O–H groups in total. The van der Waals surface area contributed by atoms with Gasteiger partial charge in [0.1, 0.15) is 11.3 Å². The SMILES string of the molecule is CC(C)(C)OC(=O)N1CCC(OC2CCN(CC(=O)N3CCN(C(=O)C4=CC(Cc5n[nH]c(=O)c6ccccc56)=CCC4(C)F)CC3)CC2)CC1. The van der Waals surface area contributed by atoms with Crippen LogP contribution in [0.3, 0.4) is 0 Å². The van der Waals surface area contributed by atoms with E-state index in [0.29, 0.717) is 63.3 Å². The first-order chi connectivity index (χ1) is 24.3. The summed E-state index contributed by atoms with van der Waals surface area (Å²) in [6.45, 7) is 11.6. The molecule has 276 valence electrons. The van der Waals surface area contributed by atoms with E-state index in [1.807, 2.05) is 32.9 Å². The number of ether oxygens (including phenoxy) is 2. The molecule has 0 radical (unpaired) electrons. The highest BCUT2D eigenvalue weighted by atomic mass is 19.1. The van der Waals surface area contributed by atoms with E-state index in [1.54, 1.807) is 39.0 Å². The summed E-state index contributed by atoms with van der Waals surface area (Å²) in [6, 6.07) is 7.21. The lowest BCUT2D eigenvalue weighted by molar-refractivity contribution is -0.139. The molecule has 13 heteroatoms.